The standard InChI is InChI=1S/C71H47NO/c1-4-18-48(19-5-1)57-46-47-58(62-25-11-10-24-61(57)62)49-34-40-54(41-35-49)72(56-44-38-51(39-45-56)60-29-16-30-64-63-26-13-15-33-68(63)73-70(60)64)55-42-36-50(37-43-55)59-28-17-32-67-69(59)65-27-12-14-31-66(65)71(67,52-20-6-2-7-21-52)53-22-8-3-9-23-53/h1-47H. The lowest BCUT2D eigenvalue weighted by Gasteiger charge is -2.34. The Balaban J connectivity index is 0.885. The Morgan fingerprint density at radius 2 is 0.671 bits per heavy atom. The first-order valence-corrected chi connectivity index (χ1v) is 25.2. The quantitative estimate of drug-likeness (QED) is 0.143. The smallest absolute Gasteiger partial charge is 0.143 e. The van der Waals surface area contributed by atoms with E-state index in [1.165, 1.54) is 77.5 Å². The first-order valence-electron chi connectivity index (χ1n) is 25.2. The van der Waals surface area contributed by atoms with Crippen molar-refractivity contribution in [2.75, 3.05) is 4.90 Å². The SMILES string of the molecule is c1ccc(-c2ccc(-c3ccc(N(c4ccc(-c5cccc6c5-c5ccccc5C6(c5ccccc5)c5ccccc5)cc4)c4ccc(-c5cccc6c5oc5ccccc56)cc4)cc3)c3ccccc23)cc1. The highest BCUT2D eigenvalue weighted by Gasteiger charge is 2.46. The predicted molar refractivity (Wildman–Crippen MR) is 305 cm³/mol. The van der Waals surface area contributed by atoms with Crippen molar-refractivity contribution in [3.63, 3.8) is 0 Å². The van der Waals surface area contributed by atoms with Gasteiger partial charge in [0.2, 0.25) is 0 Å². The van der Waals surface area contributed by atoms with Crippen molar-refractivity contribution in [1.29, 1.82) is 0 Å². The Hall–Kier alpha value is -9.50. The van der Waals surface area contributed by atoms with E-state index in [-0.39, 0.29) is 0 Å². The van der Waals surface area contributed by atoms with Gasteiger partial charge in [-0.3, -0.25) is 0 Å². The maximum absolute atomic E-state index is 6.50. The summed E-state index contributed by atoms with van der Waals surface area (Å²) in [4.78, 5) is 2.37. The molecule has 0 radical (unpaired) electrons. The van der Waals surface area contributed by atoms with Crippen LogP contribution in [-0.4, -0.2) is 0 Å². The first kappa shape index (κ1) is 42.4. The fraction of sp³-hybridized carbons (Fsp3) is 0.0141. The molecule has 1 aromatic heterocycles. The van der Waals surface area contributed by atoms with Gasteiger partial charge in [0.1, 0.15) is 11.2 Å². The summed E-state index contributed by atoms with van der Waals surface area (Å²) in [6.45, 7) is 0. The number of nitrogens with zero attached hydrogens (tertiary/aromatic N) is 1. The molecule has 14 rings (SSSR count). The van der Waals surface area contributed by atoms with Crippen molar-refractivity contribution in [2.45, 2.75) is 5.41 Å². The van der Waals surface area contributed by atoms with Gasteiger partial charge in [-0.05, 0) is 126 Å². The van der Waals surface area contributed by atoms with Crippen LogP contribution in [0.3, 0.4) is 0 Å². The Kier molecular flexibility index (Phi) is 10.1. The fourth-order valence-electron chi connectivity index (χ4n) is 11.9. The average molecular weight is 930 g/mol. The molecule has 73 heavy (non-hydrogen) atoms. The number of benzene rings is 12. The van der Waals surface area contributed by atoms with E-state index in [4.69, 9.17) is 4.42 Å². The van der Waals surface area contributed by atoms with Gasteiger partial charge in [-0.15, -0.1) is 0 Å². The number of hydrogen-bond donors (Lipinski definition) is 0. The zero-order chi connectivity index (χ0) is 48.3. The molecule has 0 unspecified atom stereocenters. The Labute approximate surface area is 425 Å². The van der Waals surface area contributed by atoms with Crippen LogP contribution in [0.15, 0.2) is 290 Å². The molecule has 0 N–H and O–H groups in total. The maximum atomic E-state index is 6.50. The third kappa shape index (κ3) is 6.87. The minimum Gasteiger partial charge on any atom is -0.455 e. The molecule has 0 spiro atoms. The summed E-state index contributed by atoms with van der Waals surface area (Å²) in [6, 6.07) is 104. The van der Waals surface area contributed by atoms with E-state index in [1.807, 2.05) is 12.1 Å². The predicted octanol–water partition coefficient (Wildman–Crippen LogP) is 19.2. The van der Waals surface area contributed by atoms with Crippen LogP contribution < -0.4 is 4.90 Å². The van der Waals surface area contributed by atoms with Crippen molar-refractivity contribution in [1.82, 2.24) is 0 Å². The van der Waals surface area contributed by atoms with Crippen LogP contribution in [0.25, 0.3) is 88.3 Å². The monoisotopic (exact) mass is 929 g/mol. The fourth-order valence-corrected chi connectivity index (χ4v) is 11.9. The lowest BCUT2D eigenvalue weighted by molar-refractivity contribution is 0.670. The van der Waals surface area contributed by atoms with Crippen molar-refractivity contribution < 1.29 is 4.42 Å². The van der Waals surface area contributed by atoms with Gasteiger partial charge in [0, 0.05) is 33.4 Å². The van der Waals surface area contributed by atoms with Crippen LogP contribution in [0.2, 0.25) is 0 Å². The van der Waals surface area contributed by atoms with Crippen molar-refractivity contribution in [3.8, 4) is 55.6 Å². The van der Waals surface area contributed by atoms with Crippen LogP contribution >= 0.6 is 0 Å². The summed E-state index contributed by atoms with van der Waals surface area (Å²) in [7, 11) is 0. The lowest BCUT2D eigenvalue weighted by Crippen LogP contribution is -2.28. The Bertz CT molecular complexity index is 4120. The Morgan fingerprint density at radius 3 is 1.27 bits per heavy atom. The normalized spacial score (nSPS) is 12.5. The van der Waals surface area contributed by atoms with Gasteiger partial charge >= 0.3 is 0 Å². The van der Waals surface area contributed by atoms with E-state index in [2.05, 4.69) is 278 Å². The van der Waals surface area contributed by atoms with E-state index < -0.39 is 5.41 Å². The molecule has 1 aliphatic carbocycles. The van der Waals surface area contributed by atoms with E-state index in [0.717, 1.165) is 50.1 Å². The van der Waals surface area contributed by atoms with Crippen molar-refractivity contribution in [2.24, 2.45) is 0 Å². The summed E-state index contributed by atoms with van der Waals surface area (Å²) in [5.41, 5.74) is 21.6. The van der Waals surface area contributed by atoms with Gasteiger partial charge in [0.25, 0.3) is 0 Å². The summed E-state index contributed by atoms with van der Waals surface area (Å²) in [5.74, 6) is 0. The maximum Gasteiger partial charge on any atom is 0.143 e. The number of fused-ring (bicyclic) bond motifs is 7. The molecule has 0 saturated heterocycles. The number of anilines is 3. The zero-order valence-electron chi connectivity index (χ0n) is 40.0. The first-order chi connectivity index (χ1) is 36.2. The minimum absolute atomic E-state index is 0.467. The second-order valence-electron chi connectivity index (χ2n) is 19.1. The average Bonchev–Trinajstić information content (AvgIpc) is 4.05. The van der Waals surface area contributed by atoms with E-state index in [9.17, 15) is 0 Å². The summed E-state index contributed by atoms with van der Waals surface area (Å²) >= 11 is 0. The molecule has 2 heteroatoms. The van der Waals surface area contributed by atoms with Crippen LogP contribution in [-0.2, 0) is 5.41 Å². The highest BCUT2D eigenvalue weighted by molar-refractivity contribution is 6.10. The van der Waals surface area contributed by atoms with E-state index in [0.29, 0.717) is 0 Å². The van der Waals surface area contributed by atoms with Crippen LogP contribution in [0.1, 0.15) is 22.3 Å². The molecular weight excluding hydrogens is 883 g/mol. The van der Waals surface area contributed by atoms with Crippen LogP contribution in [0.4, 0.5) is 17.1 Å². The largest absolute Gasteiger partial charge is 0.455 e. The van der Waals surface area contributed by atoms with Crippen LogP contribution in [0.5, 0.6) is 0 Å². The second-order valence-corrected chi connectivity index (χ2v) is 19.1. The zero-order valence-corrected chi connectivity index (χ0v) is 40.0. The van der Waals surface area contributed by atoms with Gasteiger partial charge in [-0.1, -0.05) is 243 Å². The third-order valence-electron chi connectivity index (χ3n) is 15.2. The van der Waals surface area contributed by atoms with E-state index in [1.54, 1.807) is 0 Å². The van der Waals surface area contributed by atoms with Gasteiger partial charge in [0.05, 0.1) is 5.41 Å². The van der Waals surface area contributed by atoms with Crippen molar-refractivity contribution >= 4 is 49.8 Å². The third-order valence-corrected chi connectivity index (χ3v) is 15.2. The molecule has 2 nitrogen and oxygen atoms in total. The molecule has 1 aliphatic rings. The molecule has 1 heterocycles. The molecule has 0 aliphatic heterocycles. The molecular formula is C71H47NO. The van der Waals surface area contributed by atoms with E-state index >= 15 is 0 Å². The summed E-state index contributed by atoms with van der Waals surface area (Å²) in [6.07, 6.45) is 0. The molecule has 0 fully saturated rings. The molecule has 342 valence electrons. The van der Waals surface area contributed by atoms with Gasteiger partial charge in [-0.2, -0.15) is 0 Å². The summed E-state index contributed by atoms with van der Waals surface area (Å²) in [5, 5.41) is 4.73. The molecule has 12 aromatic carbocycles. The molecule has 0 bridgehead atoms. The minimum atomic E-state index is -0.467. The highest BCUT2D eigenvalue weighted by Crippen LogP contribution is 2.58. The van der Waals surface area contributed by atoms with Crippen molar-refractivity contribution in [3.05, 3.63) is 307 Å². The van der Waals surface area contributed by atoms with Crippen LogP contribution in [0, 0.1) is 0 Å². The number of para-hydroxylation sites is 2. The van der Waals surface area contributed by atoms with Gasteiger partial charge < -0.3 is 9.32 Å². The summed E-state index contributed by atoms with van der Waals surface area (Å²) < 4.78 is 6.50. The lowest BCUT2D eigenvalue weighted by atomic mass is 9.67. The molecule has 0 saturated carbocycles. The number of furan rings is 1. The van der Waals surface area contributed by atoms with Gasteiger partial charge in [0.15, 0.2) is 0 Å². The number of hydrogen-bond acceptors (Lipinski definition) is 2. The topological polar surface area (TPSA) is 16.4 Å². The van der Waals surface area contributed by atoms with Gasteiger partial charge in [-0.25, -0.2) is 0 Å². The number of rotatable bonds is 9. The molecule has 13 aromatic rings. The highest BCUT2D eigenvalue weighted by atomic mass is 16.3. The molecule has 0 amide bonds. The molecule has 0 atom stereocenters. The second kappa shape index (κ2) is 17.4. The Morgan fingerprint density at radius 1 is 0.260 bits per heavy atom.